The highest BCUT2D eigenvalue weighted by molar-refractivity contribution is 14.2. The van der Waals surface area contributed by atoms with Crippen molar-refractivity contribution in [2.75, 3.05) is 17.7 Å². The molecule has 0 amide bonds. The maximum Gasteiger partial charge on any atom is 0.168 e. The van der Waals surface area contributed by atoms with E-state index >= 15 is 0 Å². The molecule has 0 saturated carbocycles. The topological polar surface area (TPSA) is 108 Å². The third-order valence-electron chi connectivity index (χ3n) is 5.90. The zero-order chi connectivity index (χ0) is 25.4. The molecule has 0 aliphatic rings. The number of rotatable bonds is 7. The molecule has 4 aromatic heterocycles. The molecule has 1 aromatic carbocycles. The minimum absolute atomic E-state index is 0.459. The van der Waals surface area contributed by atoms with Gasteiger partial charge in [-0.3, -0.25) is 9.32 Å². The van der Waals surface area contributed by atoms with Gasteiger partial charge in [0.05, 0.1) is 60.7 Å². The van der Waals surface area contributed by atoms with E-state index in [0.717, 1.165) is 51.0 Å². The summed E-state index contributed by atoms with van der Waals surface area (Å²) in [5.41, 5.74) is 6.98. The van der Waals surface area contributed by atoms with E-state index in [1.807, 2.05) is 62.8 Å². The molecule has 2 N–H and O–H groups in total. The van der Waals surface area contributed by atoms with Crippen molar-refractivity contribution in [2.45, 2.75) is 20.8 Å². The van der Waals surface area contributed by atoms with Crippen LogP contribution in [0.3, 0.4) is 0 Å². The van der Waals surface area contributed by atoms with Crippen LogP contribution in [0.25, 0.3) is 22.4 Å². The number of nitrogens with zero attached hydrogens (tertiary/aromatic N) is 7. The summed E-state index contributed by atoms with van der Waals surface area (Å²) in [7, 11) is 3.63. The van der Waals surface area contributed by atoms with E-state index in [2.05, 4.69) is 52.0 Å². The minimum Gasteiger partial charge on any atom is -0.495 e. The number of hydrogen-bond donors (Lipinski definition) is 2. The Balaban J connectivity index is 1.58. The standard InChI is InChI=1S/C24H25IN9OP/c1-13-14(2)28-22(11-27-13)31-21-9-18(23-24(32-21)34(36-25)15(3)29-23)30-17-7-6-16(8-20(17)35-5)19-10-26-12-33(19)4/h6-12,36H,1-5H3,(H2,28,30,31,32). The van der Waals surface area contributed by atoms with E-state index < -0.39 is 0 Å². The summed E-state index contributed by atoms with van der Waals surface area (Å²) in [5, 5.41) is 6.83. The van der Waals surface area contributed by atoms with Crippen LogP contribution in [0.5, 0.6) is 5.75 Å². The Morgan fingerprint density at radius 1 is 0.944 bits per heavy atom. The Morgan fingerprint density at radius 3 is 2.47 bits per heavy atom. The van der Waals surface area contributed by atoms with Gasteiger partial charge < -0.3 is 19.9 Å². The average Bonchev–Trinajstić information content (AvgIpc) is 3.43. The van der Waals surface area contributed by atoms with Crippen molar-refractivity contribution in [3.8, 4) is 17.0 Å². The summed E-state index contributed by atoms with van der Waals surface area (Å²) >= 11 is 2.35. The van der Waals surface area contributed by atoms with Crippen LogP contribution in [0, 0.1) is 20.8 Å². The Labute approximate surface area is 223 Å². The van der Waals surface area contributed by atoms with Crippen LogP contribution in [0.2, 0.25) is 0 Å². The third kappa shape index (κ3) is 4.60. The van der Waals surface area contributed by atoms with E-state index in [1.165, 1.54) is 0 Å². The molecule has 0 radical (unpaired) electrons. The second-order valence-electron chi connectivity index (χ2n) is 8.29. The van der Waals surface area contributed by atoms with Gasteiger partial charge in [0.25, 0.3) is 0 Å². The van der Waals surface area contributed by atoms with Crippen molar-refractivity contribution in [3.63, 3.8) is 0 Å². The van der Waals surface area contributed by atoms with Crippen molar-refractivity contribution in [1.29, 1.82) is 0 Å². The monoisotopic (exact) mass is 613 g/mol. The van der Waals surface area contributed by atoms with Crippen LogP contribution in [0.1, 0.15) is 17.2 Å². The number of hydrogen-bond acceptors (Lipinski definition) is 8. The van der Waals surface area contributed by atoms with Crippen molar-refractivity contribution in [3.05, 3.63) is 60.2 Å². The largest absolute Gasteiger partial charge is 0.495 e. The van der Waals surface area contributed by atoms with Gasteiger partial charge in [-0.2, -0.15) is 0 Å². The maximum absolute atomic E-state index is 5.74. The van der Waals surface area contributed by atoms with Crippen LogP contribution in [-0.2, 0) is 7.05 Å². The lowest BCUT2D eigenvalue weighted by molar-refractivity contribution is 0.417. The SMILES string of the molecule is COc1cc(-c2cncn2C)ccc1Nc1cc(Nc2cnc(C)c(C)n2)nc2c1nc(C)n2PI. The van der Waals surface area contributed by atoms with Gasteiger partial charge in [-0.05, 0) is 54.9 Å². The van der Waals surface area contributed by atoms with Gasteiger partial charge in [-0.25, -0.2) is 19.9 Å². The van der Waals surface area contributed by atoms with Gasteiger partial charge in [0, 0.05) is 18.7 Å². The number of nitrogens with one attached hydrogen (secondary N) is 2. The zero-order valence-corrected chi connectivity index (χ0v) is 23.6. The number of aryl methyl sites for hydroxylation is 4. The molecule has 0 bridgehead atoms. The first-order valence-electron chi connectivity index (χ1n) is 11.1. The van der Waals surface area contributed by atoms with Crippen molar-refractivity contribution < 1.29 is 4.74 Å². The first-order valence-corrected chi connectivity index (χ1v) is 15.2. The number of anilines is 4. The summed E-state index contributed by atoms with van der Waals surface area (Å²) in [5.74, 6) is 2.88. The Hall–Kier alpha value is -3.31. The van der Waals surface area contributed by atoms with Gasteiger partial charge in [0.15, 0.2) is 5.65 Å². The van der Waals surface area contributed by atoms with Crippen LogP contribution in [0.4, 0.5) is 23.0 Å². The van der Waals surface area contributed by atoms with E-state index in [9.17, 15) is 0 Å². The summed E-state index contributed by atoms with van der Waals surface area (Å²) in [6, 6.07) is 7.97. The van der Waals surface area contributed by atoms with Crippen molar-refractivity contribution >= 4 is 62.6 Å². The van der Waals surface area contributed by atoms with E-state index in [-0.39, 0.29) is 0 Å². The predicted octanol–water partition coefficient (Wildman–Crippen LogP) is 5.83. The molecule has 184 valence electrons. The lowest BCUT2D eigenvalue weighted by Crippen LogP contribution is -2.03. The quantitative estimate of drug-likeness (QED) is 0.174. The summed E-state index contributed by atoms with van der Waals surface area (Å²) in [4.78, 5) is 22.9. The molecule has 5 rings (SSSR count). The summed E-state index contributed by atoms with van der Waals surface area (Å²) in [6.45, 7) is 5.87. The van der Waals surface area contributed by atoms with E-state index in [4.69, 9.17) is 14.7 Å². The fraction of sp³-hybridized carbons (Fsp3) is 0.208. The molecule has 0 aliphatic carbocycles. The first kappa shape index (κ1) is 24.4. The van der Waals surface area contributed by atoms with E-state index in [1.54, 1.807) is 19.6 Å². The Bertz CT molecular complexity index is 1580. The first-order chi connectivity index (χ1) is 17.4. The summed E-state index contributed by atoms with van der Waals surface area (Å²) < 4.78 is 9.81. The maximum atomic E-state index is 5.74. The highest BCUT2D eigenvalue weighted by Gasteiger charge is 2.17. The number of imidazole rings is 2. The second kappa shape index (κ2) is 9.98. The number of aromatic nitrogens is 7. The van der Waals surface area contributed by atoms with Gasteiger partial charge in [-0.15, -0.1) is 0 Å². The van der Waals surface area contributed by atoms with Gasteiger partial charge in [-0.1, -0.05) is 6.07 Å². The molecule has 10 nitrogen and oxygen atoms in total. The van der Waals surface area contributed by atoms with Gasteiger partial charge in [0.2, 0.25) is 0 Å². The Kier molecular flexibility index (Phi) is 6.76. The zero-order valence-electron chi connectivity index (χ0n) is 20.5. The minimum atomic E-state index is 0.459. The van der Waals surface area contributed by atoms with Gasteiger partial charge in [0.1, 0.15) is 28.7 Å². The number of pyridine rings is 1. The molecule has 5 aromatic rings. The Morgan fingerprint density at radius 2 is 1.78 bits per heavy atom. The van der Waals surface area contributed by atoms with Crippen LogP contribution in [0.15, 0.2) is 43.0 Å². The molecule has 12 heteroatoms. The fourth-order valence-corrected chi connectivity index (χ4v) is 6.03. The number of methoxy groups -OCH3 is 1. The molecule has 0 spiro atoms. The van der Waals surface area contributed by atoms with Crippen LogP contribution >= 0.6 is 28.4 Å². The third-order valence-corrected chi connectivity index (χ3v) is 8.05. The molecule has 36 heavy (non-hydrogen) atoms. The smallest absolute Gasteiger partial charge is 0.168 e. The number of ether oxygens (including phenoxy) is 1. The number of fused-ring (bicyclic) bond motifs is 1. The lowest BCUT2D eigenvalue weighted by atomic mass is 10.1. The van der Waals surface area contributed by atoms with Gasteiger partial charge >= 0.3 is 0 Å². The second-order valence-corrected chi connectivity index (χ2v) is 10.4. The molecule has 1 atom stereocenters. The van der Waals surface area contributed by atoms with E-state index in [0.29, 0.717) is 23.8 Å². The fourth-order valence-electron chi connectivity index (χ4n) is 3.88. The number of benzene rings is 1. The normalized spacial score (nSPS) is 11.5. The van der Waals surface area contributed by atoms with Crippen LogP contribution in [-0.4, -0.2) is 40.9 Å². The molecule has 4 heterocycles. The van der Waals surface area contributed by atoms with Crippen molar-refractivity contribution in [2.24, 2.45) is 7.05 Å². The predicted molar refractivity (Wildman–Crippen MR) is 153 cm³/mol. The van der Waals surface area contributed by atoms with Crippen LogP contribution < -0.4 is 15.4 Å². The molecule has 0 aliphatic heterocycles. The highest BCUT2D eigenvalue weighted by Crippen LogP contribution is 2.38. The molecule has 1 unspecified atom stereocenters. The molecular formula is C24H25IN9OP. The average molecular weight is 613 g/mol. The van der Waals surface area contributed by atoms with Crippen molar-refractivity contribution in [1.82, 2.24) is 33.8 Å². The summed E-state index contributed by atoms with van der Waals surface area (Å²) in [6.07, 6.45) is 5.79. The molecule has 0 fully saturated rings. The molecular weight excluding hydrogens is 588 g/mol. The molecule has 0 saturated heterocycles. The lowest BCUT2D eigenvalue weighted by Gasteiger charge is -2.15. The number of halogens is 1. The highest BCUT2D eigenvalue weighted by atomic mass is 127.